The number of rotatable bonds is 8. The summed E-state index contributed by atoms with van der Waals surface area (Å²) < 4.78 is 0. The highest BCUT2D eigenvalue weighted by Gasteiger charge is 2.08. The molecule has 2 rings (SSSR count). The van der Waals surface area contributed by atoms with Crippen molar-refractivity contribution in [2.75, 3.05) is 32.7 Å². The van der Waals surface area contributed by atoms with E-state index < -0.39 is 0 Å². The topological polar surface area (TPSA) is 15.3 Å². The van der Waals surface area contributed by atoms with E-state index in [4.69, 9.17) is 0 Å². The molecule has 0 amide bonds. The van der Waals surface area contributed by atoms with Gasteiger partial charge in [-0.2, -0.15) is 0 Å². The Balaban J connectivity index is 1.48. The van der Waals surface area contributed by atoms with Crippen molar-refractivity contribution in [3.05, 3.63) is 34.9 Å². The predicted molar refractivity (Wildman–Crippen MR) is 92.0 cm³/mol. The van der Waals surface area contributed by atoms with Crippen molar-refractivity contribution in [1.82, 2.24) is 10.2 Å². The SMILES string of the molecule is Cc1ccc(CCNCCCCN2CCCCC2)cc1C. The van der Waals surface area contributed by atoms with Crippen molar-refractivity contribution in [2.24, 2.45) is 0 Å². The molecule has 0 spiro atoms. The number of aryl methyl sites for hydroxylation is 2. The normalized spacial score (nSPS) is 16.3. The van der Waals surface area contributed by atoms with Gasteiger partial charge in [-0.15, -0.1) is 0 Å². The number of piperidine rings is 1. The van der Waals surface area contributed by atoms with Crippen LogP contribution < -0.4 is 5.32 Å². The summed E-state index contributed by atoms with van der Waals surface area (Å²) in [5.74, 6) is 0. The van der Waals surface area contributed by atoms with Crippen molar-refractivity contribution >= 4 is 0 Å². The first-order valence-corrected chi connectivity index (χ1v) is 8.75. The fraction of sp³-hybridized carbons (Fsp3) is 0.684. The third-order valence-electron chi connectivity index (χ3n) is 4.69. The predicted octanol–water partition coefficient (Wildman–Crippen LogP) is 3.70. The molecule has 0 aromatic heterocycles. The molecule has 2 nitrogen and oxygen atoms in total. The Kier molecular flexibility index (Phi) is 7.25. The summed E-state index contributed by atoms with van der Waals surface area (Å²) >= 11 is 0. The number of benzene rings is 1. The van der Waals surface area contributed by atoms with Crippen LogP contribution in [0.15, 0.2) is 18.2 Å². The third-order valence-corrected chi connectivity index (χ3v) is 4.69. The van der Waals surface area contributed by atoms with E-state index in [0.717, 1.165) is 13.0 Å². The minimum absolute atomic E-state index is 1.10. The molecule has 1 N–H and O–H groups in total. The molecule has 0 unspecified atom stereocenters. The number of hydrogen-bond donors (Lipinski definition) is 1. The molecular formula is C19H32N2. The van der Waals surface area contributed by atoms with E-state index in [1.165, 1.54) is 75.0 Å². The van der Waals surface area contributed by atoms with Gasteiger partial charge in [0.1, 0.15) is 0 Å². The molecule has 1 aromatic carbocycles. The molecule has 21 heavy (non-hydrogen) atoms. The fourth-order valence-electron chi connectivity index (χ4n) is 3.09. The van der Waals surface area contributed by atoms with Crippen molar-refractivity contribution < 1.29 is 0 Å². The minimum atomic E-state index is 1.10. The molecule has 2 heteroatoms. The Morgan fingerprint density at radius 1 is 0.952 bits per heavy atom. The number of hydrogen-bond acceptors (Lipinski definition) is 2. The van der Waals surface area contributed by atoms with Crippen LogP contribution in [0, 0.1) is 13.8 Å². The van der Waals surface area contributed by atoms with E-state index in [0.29, 0.717) is 0 Å². The van der Waals surface area contributed by atoms with Gasteiger partial charge in [-0.1, -0.05) is 24.6 Å². The summed E-state index contributed by atoms with van der Waals surface area (Å²) in [7, 11) is 0. The highest BCUT2D eigenvalue weighted by atomic mass is 15.1. The van der Waals surface area contributed by atoms with Crippen LogP contribution >= 0.6 is 0 Å². The third kappa shape index (κ3) is 6.19. The number of likely N-dealkylation sites (tertiary alicyclic amines) is 1. The largest absolute Gasteiger partial charge is 0.316 e. The summed E-state index contributed by atoms with van der Waals surface area (Å²) in [5, 5.41) is 3.59. The minimum Gasteiger partial charge on any atom is -0.316 e. The smallest absolute Gasteiger partial charge is 0.000835 e. The second kappa shape index (κ2) is 9.22. The Labute approximate surface area is 130 Å². The lowest BCUT2D eigenvalue weighted by atomic mass is 10.0. The Morgan fingerprint density at radius 2 is 1.76 bits per heavy atom. The quantitative estimate of drug-likeness (QED) is 0.734. The molecule has 0 radical (unpaired) electrons. The molecule has 1 saturated heterocycles. The monoisotopic (exact) mass is 288 g/mol. The highest BCUT2D eigenvalue weighted by molar-refractivity contribution is 5.29. The van der Waals surface area contributed by atoms with Gasteiger partial charge in [-0.3, -0.25) is 0 Å². The van der Waals surface area contributed by atoms with Crippen LogP contribution in [0.5, 0.6) is 0 Å². The molecule has 1 aliphatic heterocycles. The summed E-state index contributed by atoms with van der Waals surface area (Å²) in [6, 6.07) is 6.83. The van der Waals surface area contributed by atoms with Crippen LogP contribution in [-0.4, -0.2) is 37.6 Å². The van der Waals surface area contributed by atoms with Crippen LogP contribution in [0.2, 0.25) is 0 Å². The second-order valence-electron chi connectivity index (χ2n) is 6.53. The van der Waals surface area contributed by atoms with E-state index in [1.807, 2.05) is 0 Å². The maximum Gasteiger partial charge on any atom is -0.000835 e. The van der Waals surface area contributed by atoms with Gasteiger partial charge < -0.3 is 10.2 Å². The lowest BCUT2D eigenvalue weighted by molar-refractivity contribution is 0.224. The maximum absolute atomic E-state index is 3.59. The average Bonchev–Trinajstić information content (AvgIpc) is 2.51. The van der Waals surface area contributed by atoms with Gasteiger partial charge in [-0.05, 0) is 95.4 Å². The first-order chi connectivity index (χ1) is 10.3. The zero-order chi connectivity index (χ0) is 14.9. The average molecular weight is 288 g/mol. The second-order valence-corrected chi connectivity index (χ2v) is 6.53. The molecular weight excluding hydrogens is 256 g/mol. The van der Waals surface area contributed by atoms with Gasteiger partial charge in [0.2, 0.25) is 0 Å². The summed E-state index contributed by atoms with van der Waals surface area (Å²) in [4.78, 5) is 2.64. The Morgan fingerprint density at radius 3 is 2.52 bits per heavy atom. The standard InChI is InChI=1S/C19H32N2/c1-17-8-9-19(16-18(17)2)10-12-20-11-4-7-15-21-13-5-3-6-14-21/h8-9,16,20H,3-7,10-15H2,1-2H3. The number of nitrogens with one attached hydrogen (secondary N) is 1. The van der Waals surface area contributed by atoms with Crippen molar-refractivity contribution in [2.45, 2.75) is 52.4 Å². The lowest BCUT2D eigenvalue weighted by Gasteiger charge is -2.26. The van der Waals surface area contributed by atoms with Gasteiger partial charge in [-0.25, -0.2) is 0 Å². The molecule has 0 atom stereocenters. The van der Waals surface area contributed by atoms with Gasteiger partial charge in [0.15, 0.2) is 0 Å². The first-order valence-electron chi connectivity index (χ1n) is 8.75. The van der Waals surface area contributed by atoms with Crippen LogP contribution in [0.4, 0.5) is 0 Å². The zero-order valence-electron chi connectivity index (χ0n) is 14.0. The summed E-state index contributed by atoms with van der Waals surface area (Å²) in [6.45, 7) is 10.6. The van der Waals surface area contributed by atoms with E-state index >= 15 is 0 Å². The fourth-order valence-corrected chi connectivity index (χ4v) is 3.09. The Hall–Kier alpha value is -0.860. The molecule has 1 fully saturated rings. The molecule has 0 bridgehead atoms. The van der Waals surface area contributed by atoms with Crippen molar-refractivity contribution in [1.29, 1.82) is 0 Å². The molecule has 1 heterocycles. The maximum atomic E-state index is 3.59. The van der Waals surface area contributed by atoms with E-state index in [-0.39, 0.29) is 0 Å². The summed E-state index contributed by atoms with van der Waals surface area (Å²) in [5.41, 5.74) is 4.26. The van der Waals surface area contributed by atoms with Crippen molar-refractivity contribution in [3.8, 4) is 0 Å². The van der Waals surface area contributed by atoms with Gasteiger partial charge in [0.05, 0.1) is 0 Å². The number of unbranched alkanes of at least 4 members (excludes halogenated alkanes) is 1. The van der Waals surface area contributed by atoms with Gasteiger partial charge in [0, 0.05) is 0 Å². The molecule has 1 aromatic rings. The number of nitrogens with zero attached hydrogens (tertiary/aromatic N) is 1. The van der Waals surface area contributed by atoms with Gasteiger partial charge in [0.25, 0.3) is 0 Å². The first kappa shape index (κ1) is 16.5. The van der Waals surface area contributed by atoms with Crippen LogP contribution in [0.1, 0.15) is 48.8 Å². The van der Waals surface area contributed by atoms with Crippen molar-refractivity contribution in [3.63, 3.8) is 0 Å². The van der Waals surface area contributed by atoms with Crippen LogP contribution in [0.25, 0.3) is 0 Å². The highest BCUT2D eigenvalue weighted by Crippen LogP contribution is 2.10. The molecule has 1 aliphatic rings. The zero-order valence-corrected chi connectivity index (χ0v) is 14.0. The van der Waals surface area contributed by atoms with E-state index in [2.05, 4.69) is 42.3 Å². The molecule has 0 aliphatic carbocycles. The van der Waals surface area contributed by atoms with Gasteiger partial charge >= 0.3 is 0 Å². The van der Waals surface area contributed by atoms with E-state index in [9.17, 15) is 0 Å². The van der Waals surface area contributed by atoms with Crippen LogP contribution in [0.3, 0.4) is 0 Å². The Bertz CT molecular complexity index is 408. The summed E-state index contributed by atoms with van der Waals surface area (Å²) in [6.07, 6.45) is 8.06. The molecule has 118 valence electrons. The molecule has 0 saturated carbocycles. The van der Waals surface area contributed by atoms with Crippen LogP contribution in [-0.2, 0) is 6.42 Å². The van der Waals surface area contributed by atoms with E-state index in [1.54, 1.807) is 0 Å². The lowest BCUT2D eigenvalue weighted by Crippen LogP contribution is -2.31.